The first kappa shape index (κ1) is 22.0. The first-order valence-corrected chi connectivity index (χ1v) is 9.34. The van der Waals surface area contributed by atoms with E-state index in [4.69, 9.17) is 15.1 Å². The van der Waals surface area contributed by atoms with E-state index in [2.05, 4.69) is 11.4 Å². The molecule has 2 N–H and O–H groups in total. The lowest BCUT2D eigenvalue weighted by molar-refractivity contribution is -0.135. The van der Waals surface area contributed by atoms with Gasteiger partial charge in [-0.1, -0.05) is 12.1 Å². The van der Waals surface area contributed by atoms with E-state index in [0.29, 0.717) is 5.56 Å². The van der Waals surface area contributed by atoms with E-state index in [1.165, 1.54) is 9.80 Å². The molecule has 9 heteroatoms. The molecule has 0 bridgehead atoms. The molecule has 1 aliphatic heterocycles. The second-order valence-electron chi connectivity index (χ2n) is 7.81. The van der Waals surface area contributed by atoms with Crippen LogP contribution in [-0.2, 0) is 16.0 Å². The van der Waals surface area contributed by atoms with Crippen LogP contribution in [-0.4, -0.2) is 70.8 Å². The molecule has 1 aromatic carbocycles. The van der Waals surface area contributed by atoms with Crippen LogP contribution >= 0.6 is 0 Å². The molecule has 1 saturated heterocycles. The van der Waals surface area contributed by atoms with Gasteiger partial charge in [-0.2, -0.15) is 5.26 Å². The smallest absolute Gasteiger partial charge is 0.408 e. The van der Waals surface area contributed by atoms with Gasteiger partial charge in [0.25, 0.3) is 0 Å². The summed E-state index contributed by atoms with van der Waals surface area (Å²) in [6.45, 7) is 6.10. The minimum Gasteiger partial charge on any atom is -0.465 e. The third-order valence-corrected chi connectivity index (χ3v) is 4.35. The van der Waals surface area contributed by atoms with Crippen LogP contribution in [0.4, 0.5) is 9.59 Å². The lowest BCUT2D eigenvalue weighted by atomic mass is 10.0. The van der Waals surface area contributed by atoms with Gasteiger partial charge in [0.05, 0.1) is 11.6 Å². The molecule has 156 valence electrons. The van der Waals surface area contributed by atoms with Crippen LogP contribution in [0.25, 0.3) is 0 Å². The highest BCUT2D eigenvalue weighted by molar-refractivity contribution is 5.86. The number of carbonyl (C=O) groups is 3. The Balaban J connectivity index is 2.15. The third-order valence-electron chi connectivity index (χ3n) is 4.35. The highest BCUT2D eigenvalue weighted by atomic mass is 16.6. The lowest BCUT2D eigenvalue weighted by Crippen LogP contribution is -2.56. The molecule has 9 nitrogen and oxygen atoms in total. The largest absolute Gasteiger partial charge is 0.465 e. The monoisotopic (exact) mass is 402 g/mol. The molecule has 1 heterocycles. The van der Waals surface area contributed by atoms with E-state index >= 15 is 0 Å². The summed E-state index contributed by atoms with van der Waals surface area (Å²) in [5.74, 6) is -0.316. The number of alkyl carbamates (subject to hydrolysis) is 1. The topological polar surface area (TPSA) is 123 Å². The molecule has 0 saturated carbocycles. The van der Waals surface area contributed by atoms with Crippen molar-refractivity contribution in [2.24, 2.45) is 0 Å². The van der Waals surface area contributed by atoms with Crippen LogP contribution in [0.1, 0.15) is 31.9 Å². The zero-order valence-electron chi connectivity index (χ0n) is 16.8. The lowest BCUT2D eigenvalue weighted by Gasteiger charge is -2.35. The molecule has 1 aliphatic rings. The molecule has 0 unspecified atom stereocenters. The number of nitrogens with one attached hydrogen (secondary N) is 1. The quantitative estimate of drug-likeness (QED) is 0.792. The molecule has 1 fully saturated rings. The summed E-state index contributed by atoms with van der Waals surface area (Å²) in [4.78, 5) is 39.2. The summed E-state index contributed by atoms with van der Waals surface area (Å²) < 4.78 is 5.28. The number of nitrogens with zero attached hydrogens (tertiary/aromatic N) is 3. The fourth-order valence-electron chi connectivity index (χ4n) is 2.99. The number of hydrogen-bond donors (Lipinski definition) is 2. The second kappa shape index (κ2) is 9.28. The summed E-state index contributed by atoms with van der Waals surface area (Å²) in [6.07, 6.45) is -1.54. The molecule has 2 rings (SSSR count). The van der Waals surface area contributed by atoms with Crippen LogP contribution in [0.3, 0.4) is 0 Å². The Hall–Kier alpha value is -3.28. The van der Waals surface area contributed by atoms with Crippen molar-refractivity contribution >= 4 is 18.1 Å². The molecular formula is C20H26N4O5. The van der Waals surface area contributed by atoms with Gasteiger partial charge >= 0.3 is 12.2 Å². The maximum Gasteiger partial charge on any atom is 0.408 e. The van der Waals surface area contributed by atoms with Gasteiger partial charge in [-0.15, -0.1) is 0 Å². The maximum absolute atomic E-state index is 13.1. The van der Waals surface area contributed by atoms with Gasteiger partial charge in [0.1, 0.15) is 11.6 Å². The Morgan fingerprint density at radius 2 is 1.83 bits per heavy atom. The summed E-state index contributed by atoms with van der Waals surface area (Å²) in [5, 5.41) is 20.8. The first-order chi connectivity index (χ1) is 13.6. The van der Waals surface area contributed by atoms with E-state index in [1.807, 2.05) is 0 Å². The number of carboxylic acid groups (broad SMARTS) is 1. The van der Waals surface area contributed by atoms with Crippen LogP contribution in [0, 0.1) is 11.3 Å². The third kappa shape index (κ3) is 6.68. The van der Waals surface area contributed by atoms with Crippen LogP contribution in [0.5, 0.6) is 0 Å². The SMILES string of the molecule is CC(C)(C)OC(=O)N[C@@H](Cc1cccc(C#N)c1)C(=O)N1CCN(C(=O)O)CC1. The Kier molecular flexibility index (Phi) is 7.04. The normalized spacial score (nSPS) is 15.2. The summed E-state index contributed by atoms with van der Waals surface area (Å²) in [7, 11) is 0. The molecule has 0 spiro atoms. The first-order valence-electron chi connectivity index (χ1n) is 9.34. The number of piperazine rings is 1. The van der Waals surface area contributed by atoms with Crippen molar-refractivity contribution in [1.29, 1.82) is 5.26 Å². The molecule has 0 radical (unpaired) electrons. The fourth-order valence-corrected chi connectivity index (χ4v) is 2.99. The molecule has 1 atom stereocenters. The number of rotatable bonds is 4. The number of ether oxygens (including phenoxy) is 1. The Morgan fingerprint density at radius 1 is 1.21 bits per heavy atom. The molecular weight excluding hydrogens is 376 g/mol. The van der Waals surface area contributed by atoms with Gasteiger partial charge in [-0.25, -0.2) is 9.59 Å². The molecule has 3 amide bonds. The van der Waals surface area contributed by atoms with Gasteiger partial charge in [0, 0.05) is 32.6 Å². The zero-order valence-corrected chi connectivity index (χ0v) is 16.8. The maximum atomic E-state index is 13.1. The van der Waals surface area contributed by atoms with E-state index in [0.717, 1.165) is 5.56 Å². The predicted molar refractivity (Wildman–Crippen MR) is 104 cm³/mol. The standard InChI is InChI=1S/C20H26N4O5/c1-20(2,3)29-18(26)22-16(12-14-5-4-6-15(11-14)13-21)17(25)23-7-9-24(10-8-23)19(27)28/h4-6,11,16H,7-10,12H2,1-3H3,(H,22,26)(H,27,28)/t16-/m0/s1. The Bertz CT molecular complexity index is 804. The summed E-state index contributed by atoms with van der Waals surface area (Å²) >= 11 is 0. The van der Waals surface area contributed by atoms with Crippen molar-refractivity contribution in [3.8, 4) is 6.07 Å². The summed E-state index contributed by atoms with van der Waals surface area (Å²) in [5.41, 5.74) is 0.467. The highest BCUT2D eigenvalue weighted by Crippen LogP contribution is 2.13. The van der Waals surface area contributed by atoms with Gasteiger partial charge in [-0.05, 0) is 38.5 Å². The van der Waals surface area contributed by atoms with Crippen molar-refractivity contribution in [3.63, 3.8) is 0 Å². The average molecular weight is 402 g/mol. The Labute approximate surface area is 169 Å². The van der Waals surface area contributed by atoms with Crippen LogP contribution < -0.4 is 5.32 Å². The van der Waals surface area contributed by atoms with Crippen molar-refractivity contribution in [2.45, 2.75) is 38.8 Å². The number of nitriles is 1. The van der Waals surface area contributed by atoms with Crippen molar-refractivity contribution < 1.29 is 24.2 Å². The van der Waals surface area contributed by atoms with Gasteiger partial charge in [0.2, 0.25) is 5.91 Å². The number of benzene rings is 1. The van der Waals surface area contributed by atoms with Crippen LogP contribution in [0.2, 0.25) is 0 Å². The van der Waals surface area contributed by atoms with Gasteiger partial charge < -0.3 is 25.0 Å². The molecule has 1 aromatic rings. The summed E-state index contributed by atoms with van der Waals surface area (Å²) in [6, 6.07) is 7.98. The van der Waals surface area contributed by atoms with Crippen molar-refractivity contribution in [3.05, 3.63) is 35.4 Å². The Morgan fingerprint density at radius 3 is 2.38 bits per heavy atom. The van der Waals surface area contributed by atoms with Crippen molar-refractivity contribution in [2.75, 3.05) is 26.2 Å². The predicted octanol–water partition coefficient (Wildman–Crippen LogP) is 1.82. The number of carbonyl (C=O) groups excluding carboxylic acids is 2. The van der Waals surface area contributed by atoms with Gasteiger partial charge in [-0.3, -0.25) is 4.79 Å². The fraction of sp³-hybridized carbons (Fsp3) is 0.500. The second-order valence-corrected chi connectivity index (χ2v) is 7.81. The molecule has 0 aliphatic carbocycles. The molecule has 0 aromatic heterocycles. The van der Waals surface area contributed by atoms with E-state index in [1.54, 1.807) is 45.0 Å². The van der Waals surface area contributed by atoms with E-state index in [-0.39, 0.29) is 38.5 Å². The number of amides is 3. The van der Waals surface area contributed by atoms with Crippen molar-refractivity contribution in [1.82, 2.24) is 15.1 Å². The van der Waals surface area contributed by atoms with E-state index in [9.17, 15) is 14.4 Å². The number of hydrogen-bond acceptors (Lipinski definition) is 5. The van der Waals surface area contributed by atoms with E-state index < -0.39 is 23.8 Å². The van der Waals surface area contributed by atoms with Crippen LogP contribution in [0.15, 0.2) is 24.3 Å². The van der Waals surface area contributed by atoms with Gasteiger partial charge in [0.15, 0.2) is 0 Å². The highest BCUT2D eigenvalue weighted by Gasteiger charge is 2.31. The minimum absolute atomic E-state index is 0.187. The average Bonchev–Trinajstić information content (AvgIpc) is 2.65. The minimum atomic E-state index is -1.02. The molecule has 29 heavy (non-hydrogen) atoms. The zero-order chi connectivity index (χ0) is 21.6.